The highest BCUT2D eigenvalue weighted by atomic mass is 32.2. The molecule has 9 heteroatoms. The summed E-state index contributed by atoms with van der Waals surface area (Å²) >= 11 is 1.21. The second-order valence-corrected chi connectivity index (χ2v) is 6.09. The van der Waals surface area contributed by atoms with Crippen molar-refractivity contribution in [2.24, 2.45) is 5.73 Å². The first-order chi connectivity index (χ1) is 11.9. The van der Waals surface area contributed by atoms with E-state index in [1.165, 1.54) is 11.8 Å². The largest absolute Gasteiger partial charge is 0.452 e. The van der Waals surface area contributed by atoms with Gasteiger partial charge in [0, 0.05) is 4.90 Å². The normalized spacial score (nSPS) is 10.3. The lowest BCUT2D eigenvalue weighted by molar-refractivity contribution is -0.119. The Hall–Kier alpha value is -2.81. The van der Waals surface area contributed by atoms with Crippen LogP contribution in [0.25, 0.3) is 0 Å². The van der Waals surface area contributed by atoms with Crippen LogP contribution in [0.2, 0.25) is 0 Å². The van der Waals surface area contributed by atoms with Crippen LogP contribution in [0.5, 0.6) is 0 Å². The standard InChI is InChI=1S/C16H17N3O5S/c1-9-15(10(2)24-19-9)16(22)23-7-14(21)18-11-5-3-4-6-12(11)25-8-13(17)20/h3-6H,7-8H2,1-2H3,(H2,17,20)(H,18,21). The summed E-state index contributed by atoms with van der Waals surface area (Å²) in [5.74, 6) is -1.22. The van der Waals surface area contributed by atoms with E-state index in [0.29, 0.717) is 22.0 Å². The SMILES string of the molecule is Cc1noc(C)c1C(=O)OCC(=O)Nc1ccccc1SCC(N)=O. The Bertz CT molecular complexity index is 783. The molecule has 0 bridgehead atoms. The summed E-state index contributed by atoms with van der Waals surface area (Å²) < 4.78 is 9.88. The van der Waals surface area contributed by atoms with E-state index in [0.717, 1.165) is 0 Å². The number of aromatic nitrogens is 1. The van der Waals surface area contributed by atoms with E-state index in [1.54, 1.807) is 38.1 Å². The van der Waals surface area contributed by atoms with Crippen LogP contribution in [0, 0.1) is 13.8 Å². The van der Waals surface area contributed by atoms with Crippen molar-refractivity contribution in [3.05, 3.63) is 41.3 Å². The van der Waals surface area contributed by atoms with Gasteiger partial charge in [0.1, 0.15) is 11.3 Å². The molecule has 2 amide bonds. The Morgan fingerprint density at radius 1 is 1.28 bits per heavy atom. The maximum Gasteiger partial charge on any atom is 0.344 e. The number of hydrogen-bond donors (Lipinski definition) is 2. The van der Waals surface area contributed by atoms with Gasteiger partial charge < -0.3 is 20.3 Å². The lowest BCUT2D eigenvalue weighted by Crippen LogP contribution is -2.21. The number of benzene rings is 1. The number of nitrogens with two attached hydrogens (primary N) is 1. The van der Waals surface area contributed by atoms with Crippen LogP contribution >= 0.6 is 11.8 Å². The van der Waals surface area contributed by atoms with Crippen molar-refractivity contribution in [1.29, 1.82) is 0 Å². The quantitative estimate of drug-likeness (QED) is 0.566. The lowest BCUT2D eigenvalue weighted by Gasteiger charge is -2.10. The molecular weight excluding hydrogens is 346 g/mol. The summed E-state index contributed by atoms with van der Waals surface area (Å²) in [5.41, 5.74) is 6.24. The summed E-state index contributed by atoms with van der Waals surface area (Å²) in [4.78, 5) is 35.6. The number of anilines is 1. The maximum atomic E-state index is 12.0. The molecule has 0 atom stereocenters. The molecule has 0 unspecified atom stereocenters. The average Bonchev–Trinajstić information content (AvgIpc) is 2.90. The zero-order valence-corrected chi connectivity index (χ0v) is 14.5. The minimum Gasteiger partial charge on any atom is -0.452 e. The zero-order valence-electron chi connectivity index (χ0n) is 13.7. The van der Waals surface area contributed by atoms with Gasteiger partial charge >= 0.3 is 5.97 Å². The van der Waals surface area contributed by atoms with Crippen LogP contribution in [0.1, 0.15) is 21.8 Å². The highest BCUT2D eigenvalue weighted by Gasteiger charge is 2.20. The topological polar surface area (TPSA) is 125 Å². The molecule has 1 aromatic carbocycles. The van der Waals surface area contributed by atoms with Crippen molar-refractivity contribution in [2.45, 2.75) is 18.7 Å². The third-order valence-electron chi connectivity index (χ3n) is 3.10. The first-order valence-electron chi connectivity index (χ1n) is 7.28. The average molecular weight is 363 g/mol. The highest BCUT2D eigenvalue weighted by Crippen LogP contribution is 2.26. The Balaban J connectivity index is 1.94. The van der Waals surface area contributed by atoms with E-state index < -0.39 is 24.4 Å². The van der Waals surface area contributed by atoms with E-state index in [9.17, 15) is 14.4 Å². The van der Waals surface area contributed by atoms with E-state index in [-0.39, 0.29) is 11.3 Å². The number of carbonyl (C=O) groups excluding carboxylic acids is 3. The molecule has 132 valence electrons. The molecule has 0 radical (unpaired) electrons. The smallest absolute Gasteiger partial charge is 0.344 e. The van der Waals surface area contributed by atoms with Crippen LogP contribution in [0.4, 0.5) is 5.69 Å². The number of ether oxygens (including phenoxy) is 1. The van der Waals surface area contributed by atoms with E-state index in [1.807, 2.05) is 0 Å². The van der Waals surface area contributed by atoms with Crippen molar-refractivity contribution in [1.82, 2.24) is 5.16 Å². The van der Waals surface area contributed by atoms with Gasteiger partial charge in [-0.2, -0.15) is 0 Å². The van der Waals surface area contributed by atoms with Crippen LogP contribution in [0.15, 0.2) is 33.7 Å². The zero-order chi connectivity index (χ0) is 18.4. The molecule has 2 rings (SSSR count). The van der Waals surface area contributed by atoms with E-state index in [4.69, 9.17) is 15.0 Å². The van der Waals surface area contributed by atoms with Crippen LogP contribution < -0.4 is 11.1 Å². The van der Waals surface area contributed by atoms with Crippen molar-refractivity contribution in [2.75, 3.05) is 17.7 Å². The molecule has 2 aromatic rings. The predicted octanol–water partition coefficient (Wildman–Crippen LogP) is 1.66. The molecule has 0 aliphatic carbocycles. The Kier molecular flexibility index (Phi) is 6.18. The number of hydrogen-bond acceptors (Lipinski definition) is 7. The van der Waals surface area contributed by atoms with Crippen LogP contribution in [0.3, 0.4) is 0 Å². The van der Waals surface area contributed by atoms with Crippen molar-refractivity contribution < 1.29 is 23.6 Å². The fourth-order valence-corrected chi connectivity index (χ4v) is 2.76. The number of primary amides is 1. The van der Waals surface area contributed by atoms with Crippen molar-refractivity contribution in [3.8, 4) is 0 Å². The van der Waals surface area contributed by atoms with Gasteiger partial charge in [-0.3, -0.25) is 9.59 Å². The van der Waals surface area contributed by atoms with Crippen molar-refractivity contribution >= 4 is 35.2 Å². The minimum atomic E-state index is -0.678. The maximum absolute atomic E-state index is 12.0. The highest BCUT2D eigenvalue weighted by molar-refractivity contribution is 8.00. The third kappa shape index (κ3) is 5.08. The Morgan fingerprint density at radius 2 is 2.00 bits per heavy atom. The number of aryl methyl sites for hydroxylation is 2. The van der Waals surface area contributed by atoms with Gasteiger partial charge in [-0.1, -0.05) is 17.3 Å². The predicted molar refractivity (Wildman–Crippen MR) is 91.2 cm³/mol. The molecule has 8 nitrogen and oxygen atoms in total. The molecule has 1 heterocycles. The number of para-hydroxylation sites is 1. The molecule has 0 spiro atoms. The van der Waals surface area contributed by atoms with E-state index >= 15 is 0 Å². The lowest BCUT2D eigenvalue weighted by atomic mass is 10.2. The molecule has 25 heavy (non-hydrogen) atoms. The number of amides is 2. The van der Waals surface area contributed by atoms with Crippen LogP contribution in [-0.4, -0.2) is 35.3 Å². The van der Waals surface area contributed by atoms with Gasteiger partial charge in [-0.25, -0.2) is 4.79 Å². The molecule has 3 N–H and O–H groups in total. The molecule has 0 aliphatic heterocycles. The second-order valence-electron chi connectivity index (χ2n) is 5.07. The van der Waals surface area contributed by atoms with E-state index in [2.05, 4.69) is 10.5 Å². The van der Waals surface area contributed by atoms with Gasteiger partial charge in [0.2, 0.25) is 5.91 Å². The number of carbonyl (C=O) groups is 3. The number of esters is 1. The summed E-state index contributed by atoms with van der Waals surface area (Å²) in [7, 11) is 0. The Labute approximate surface area is 148 Å². The Morgan fingerprint density at radius 3 is 2.64 bits per heavy atom. The second kappa shape index (κ2) is 8.34. The first-order valence-corrected chi connectivity index (χ1v) is 8.27. The van der Waals surface area contributed by atoms with Gasteiger partial charge in [0.05, 0.1) is 17.1 Å². The van der Waals surface area contributed by atoms with Gasteiger partial charge in [-0.05, 0) is 26.0 Å². The molecule has 0 saturated carbocycles. The molecule has 1 aromatic heterocycles. The summed E-state index contributed by atoms with van der Waals surface area (Å²) in [6.45, 7) is 2.74. The molecule has 0 aliphatic rings. The fraction of sp³-hybridized carbons (Fsp3) is 0.250. The number of rotatable bonds is 7. The molecular formula is C16H17N3O5S. The van der Waals surface area contributed by atoms with Crippen LogP contribution in [-0.2, 0) is 14.3 Å². The van der Waals surface area contributed by atoms with Gasteiger partial charge in [0.25, 0.3) is 5.91 Å². The number of thioether (sulfide) groups is 1. The van der Waals surface area contributed by atoms with Gasteiger partial charge in [-0.15, -0.1) is 11.8 Å². The summed E-state index contributed by atoms with van der Waals surface area (Å²) in [5, 5.41) is 6.30. The molecule has 0 saturated heterocycles. The fourth-order valence-electron chi connectivity index (χ4n) is 2.01. The summed E-state index contributed by atoms with van der Waals surface area (Å²) in [6, 6.07) is 6.94. The first kappa shape index (κ1) is 18.5. The van der Waals surface area contributed by atoms with Crippen molar-refractivity contribution in [3.63, 3.8) is 0 Å². The molecule has 0 fully saturated rings. The number of nitrogens with one attached hydrogen (secondary N) is 1. The third-order valence-corrected chi connectivity index (χ3v) is 4.20. The number of nitrogens with zero attached hydrogens (tertiary/aromatic N) is 1. The van der Waals surface area contributed by atoms with Gasteiger partial charge in [0.15, 0.2) is 6.61 Å². The summed E-state index contributed by atoms with van der Waals surface area (Å²) in [6.07, 6.45) is 0. The monoisotopic (exact) mass is 363 g/mol. The minimum absolute atomic E-state index is 0.0912.